The maximum Gasteiger partial charge on any atom is 0.291 e. The Balaban J connectivity index is 1.40. The zero-order chi connectivity index (χ0) is 17.9. The number of halogens is 1. The van der Waals surface area contributed by atoms with Gasteiger partial charge in [0.05, 0.1) is 0 Å². The van der Waals surface area contributed by atoms with Crippen molar-refractivity contribution in [2.75, 3.05) is 5.32 Å². The van der Waals surface area contributed by atoms with Crippen LogP contribution in [0.5, 0.6) is 5.75 Å². The summed E-state index contributed by atoms with van der Waals surface area (Å²) in [6, 6.07) is 18.5. The fraction of sp³-hybridized carbons (Fsp3) is 0.0500. The van der Waals surface area contributed by atoms with Crippen molar-refractivity contribution in [3.63, 3.8) is 0 Å². The Morgan fingerprint density at radius 1 is 1.12 bits per heavy atom. The summed E-state index contributed by atoms with van der Waals surface area (Å²) in [5, 5.41) is 3.87. The molecule has 4 rings (SSSR count). The second-order valence-corrected chi connectivity index (χ2v) is 6.66. The molecule has 0 spiro atoms. The molecule has 0 aliphatic rings. The zero-order valence-electron chi connectivity index (χ0n) is 13.7. The molecule has 26 heavy (non-hydrogen) atoms. The third-order valence-electron chi connectivity index (χ3n) is 3.87. The van der Waals surface area contributed by atoms with Crippen molar-refractivity contribution < 1.29 is 13.9 Å². The van der Waals surface area contributed by atoms with Gasteiger partial charge in [-0.05, 0) is 54.6 Å². The fourth-order valence-electron chi connectivity index (χ4n) is 2.61. The van der Waals surface area contributed by atoms with Crippen LogP contribution in [0.1, 0.15) is 16.3 Å². The number of carbonyl (C=O) groups excluding carboxylic acids is 1. The van der Waals surface area contributed by atoms with Crippen LogP contribution in [-0.4, -0.2) is 10.9 Å². The highest BCUT2D eigenvalue weighted by molar-refractivity contribution is 9.10. The minimum atomic E-state index is -0.298. The first-order valence-electron chi connectivity index (χ1n) is 8.03. The molecule has 0 saturated heterocycles. The molecule has 0 radical (unpaired) electrons. The summed E-state index contributed by atoms with van der Waals surface area (Å²) in [4.78, 5) is 15.5. The Bertz CT molecular complexity index is 1070. The van der Waals surface area contributed by atoms with Gasteiger partial charge in [0.1, 0.15) is 18.1 Å². The lowest BCUT2D eigenvalue weighted by Gasteiger charge is -2.05. The van der Waals surface area contributed by atoms with E-state index in [0.29, 0.717) is 11.4 Å². The quantitative estimate of drug-likeness (QED) is 0.465. The van der Waals surface area contributed by atoms with Gasteiger partial charge in [-0.1, -0.05) is 22.0 Å². The predicted octanol–water partition coefficient (Wildman–Crippen LogP) is 5.35. The Hall–Kier alpha value is -2.99. The number of carbonyl (C=O) groups is 1. The monoisotopic (exact) mass is 410 g/mol. The first-order valence-corrected chi connectivity index (χ1v) is 8.82. The minimum Gasteiger partial charge on any atom is -0.486 e. The van der Waals surface area contributed by atoms with Crippen molar-refractivity contribution in [1.29, 1.82) is 0 Å². The molecule has 5 nitrogen and oxygen atoms in total. The second-order valence-electron chi connectivity index (χ2n) is 5.75. The largest absolute Gasteiger partial charge is 0.486 e. The topological polar surface area (TPSA) is 67.3 Å². The van der Waals surface area contributed by atoms with Gasteiger partial charge in [0.2, 0.25) is 0 Å². The summed E-state index contributed by atoms with van der Waals surface area (Å²) in [7, 11) is 0. The third kappa shape index (κ3) is 3.65. The Kier molecular flexibility index (Phi) is 4.50. The van der Waals surface area contributed by atoms with Crippen LogP contribution in [0, 0.1) is 0 Å². The van der Waals surface area contributed by atoms with Gasteiger partial charge in [-0.25, -0.2) is 0 Å². The molecule has 0 aliphatic carbocycles. The normalized spacial score (nSPS) is 10.8. The van der Waals surface area contributed by atoms with Crippen LogP contribution in [0.3, 0.4) is 0 Å². The highest BCUT2D eigenvalue weighted by Gasteiger charge is 2.12. The van der Waals surface area contributed by atoms with Gasteiger partial charge in [-0.15, -0.1) is 0 Å². The number of anilines is 1. The maximum absolute atomic E-state index is 12.4. The van der Waals surface area contributed by atoms with Gasteiger partial charge < -0.3 is 19.5 Å². The molecule has 1 amide bonds. The van der Waals surface area contributed by atoms with Crippen molar-refractivity contribution >= 4 is 38.4 Å². The smallest absolute Gasteiger partial charge is 0.291 e. The van der Waals surface area contributed by atoms with Gasteiger partial charge >= 0.3 is 0 Å². The van der Waals surface area contributed by atoms with Crippen molar-refractivity contribution in [2.24, 2.45) is 0 Å². The predicted molar refractivity (Wildman–Crippen MR) is 103 cm³/mol. The zero-order valence-corrected chi connectivity index (χ0v) is 15.2. The third-order valence-corrected chi connectivity index (χ3v) is 4.37. The maximum atomic E-state index is 12.4. The number of H-pyrrole nitrogens is 1. The number of fused-ring (bicyclic) bond motifs is 1. The SMILES string of the molecule is O=C(Nc1ccc2[nH]ccc2c1)c1ccc(COc2cccc(Br)c2)o1. The molecular formula is C20H15BrN2O3. The number of ether oxygens (including phenoxy) is 1. The van der Waals surface area contributed by atoms with Gasteiger partial charge in [0, 0.05) is 27.3 Å². The van der Waals surface area contributed by atoms with Crippen LogP contribution in [0.2, 0.25) is 0 Å². The molecule has 130 valence electrons. The Morgan fingerprint density at radius 3 is 2.92 bits per heavy atom. The summed E-state index contributed by atoms with van der Waals surface area (Å²) in [5.74, 6) is 1.25. The van der Waals surface area contributed by atoms with Crippen LogP contribution in [-0.2, 0) is 6.61 Å². The van der Waals surface area contributed by atoms with E-state index in [4.69, 9.17) is 9.15 Å². The molecule has 0 atom stereocenters. The first kappa shape index (κ1) is 16.5. The van der Waals surface area contributed by atoms with E-state index in [1.807, 2.05) is 54.7 Å². The molecule has 0 bridgehead atoms. The number of aromatic nitrogens is 1. The van der Waals surface area contributed by atoms with Gasteiger partial charge in [0.15, 0.2) is 5.76 Å². The highest BCUT2D eigenvalue weighted by atomic mass is 79.9. The van der Waals surface area contributed by atoms with Crippen molar-refractivity contribution in [3.8, 4) is 5.75 Å². The van der Waals surface area contributed by atoms with Crippen LogP contribution < -0.4 is 10.1 Å². The molecular weight excluding hydrogens is 396 g/mol. The average Bonchev–Trinajstić information content (AvgIpc) is 3.29. The number of nitrogens with one attached hydrogen (secondary N) is 2. The number of aromatic amines is 1. The molecule has 0 saturated carbocycles. The minimum absolute atomic E-state index is 0.243. The number of hydrogen-bond acceptors (Lipinski definition) is 3. The Labute approximate surface area is 158 Å². The molecule has 6 heteroatoms. The highest BCUT2D eigenvalue weighted by Crippen LogP contribution is 2.21. The molecule has 0 unspecified atom stereocenters. The van der Waals surface area contributed by atoms with Crippen LogP contribution in [0.15, 0.2) is 75.8 Å². The number of furan rings is 1. The molecule has 2 heterocycles. The van der Waals surface area contributed by atoms with Gasteiger partial charge in [-0.3, -0.25) is 4.79 Å². The molecule has 4 aromatic rings. The van der Waals surface area contributed by atoms with Crippen molar-refractivity contribution in [2.45, 2.75) is 6.61 Å². The Morgan fingerprint density at radius 2 is 2.04 bits per heavy atom. The van der Waals surface area contributed by atoms with E-state index in [0.717, 1.165) is 21.1 Å². The number of hydrogen-bond donors (Lipinski definition) is 2. The van der Waals surface area contributed by atoms with Gasteiger partial charge in [0.25, 0.3) is 5.91 Å². The van der Waals surface area contributed by atoms with Crippen molar-refractivity contribution in [3.05, 3.63) is 82.9 Å². The summed E-state index contributed by atoms with van der Waals surface area (Å²) >= 11 is 3.40. The number of benzene rings is 2. The van der Waals surface area contributed by atoms with Crippen LogP contribution >= 0.6 is 15.9 Å². The summed E-state index contributed by atoms with van der Waals surface area (Å²) in [5.41, 5.74) is 1.73. The molecule has 0 fully saturated rings. The molecule has 2 N–H and O–H groups in total. The molecule has 2 aromatic heterocycles. The van der Waals surface area contributed by atoms with Gasteiger partial charge in [-0.2, -0.15) is 0 Å². The molecule has 2 aromatic carbocycles. The van der Waals surface area contributed by atoms with Crippen LogP contribution in [0.25, 0.3) is 10.9 Å². The van der Waals surface area contributed by atoms with Crippen LogP contribution in [0.4, 0.5) is 5.69 Å². The van der Waals surface area contributed by atoms with E-state index >= 15 is 0 Å². The van der Waals surface area contributed by atoms with Crippen molar-refractivity contribution in [1.82, 2.24) is 4.98 Å². The lowest BCUT2D eigenvalue weighted by molar-refractivity contribution is 0.0992. The second kappa shape index (κ2) is 7.09. The lowest BCUT2D eigenvalue weighted by Crippen LogP contribution is -2.10. The summed E-state index contributed by atoms with van der Waals surface area (Å²) < 4.78 is 12.2. The van der Waals surface area contributed by atoms with E-state index in [1.165, 1.54) is 0 Å². The summed E-state index contributed by atoms with van der Waals surface area (Å²) in [6.07, 6.45) is 1.86. The average molecular weight is 411 g/mol. The number of amides is 1. The van der Waals surface area contributed by atoms with E-state index in [-0.39, 0.29) is 18.3 Å². The van der Waals surface area contributed by atoms with E-state index in [2.05, 4.69) is 26.2 Å². The van der Waals surface area contributed by atoms with E-state index < -0.39 is 0 Å². The van der Waals surface area contributed by atoms with E-state index in [1.54, 1.807) is 12.1 Å². The first-order chi connectivity index (χ1) is 12.7. The molecule has 0 aliphatic heterocycles. The lowest BCUT2D eigenvalue weighted by atomic mass is 10.2. The summed E-state index contributed by atoms with van der Waals surface area (Å²) in [6.45, 7) is 0.249. The number of rotatable bonds is 5. The fourth-order valence-corrected chi connectivity index (χ4v) is 2.99. The van der Waals surface area contributed by atoms with E-state index in [9.17, 15) is 4.79 Å². The standard InChI is InChI=1S/C20H15BrN2O3/c21-14-2-1-3-16(11-14)25-12-17-5-7-19(26-17)20(24)23-15-4-6-18-13(10-15)8-9-22-18/h1-11,22H,12H2,(H,23,24).